The number of nitrogens with zero attached hydrogens (tertiary/aromatic N) is 1. The Hall–Kier alpha value is -1.40. The Kier molecular flexibility index (Phi) is 3.41. The quantitative estimate of drug-likeness (QED) is 0.873. The van der Waals surface area contributed by atoms with Crippen molar-refractivity contribution in [3.8, 4) is 0 Å². The van der Waals surface area contributed by atoms with Gasteiger partial charge in [0, 0.05) is 24.6 Å². The number of nitrogens with two attached hydrogens (primary N) is 1. The van der Waals surface area contributed by atoms with E-state index in [0.717, 1.165) is 11.3 Å². The van der Waals surface area contributed by atoms with Crippen LogP contribution in [0.25, 0.3) is 0 Å². The van der Waals surface area contributed by atoms with Gasteiger partial charge in [0.25, 0.3) is 0 Å². The third-order valence-electron chi connectivity index (χ3n) is 2.99. The molecule has 0 radical (unpaired) electrons. The normalized spacial score (nSPS) is 20.4. The van der Waals surface area contributed by atoms with Crippen molar-refractivity contribution in [2.24, 2.45) is 11.1 Å². The Morgan fingerprint density at radius 1 is 1.44 bits per heavy atom. The third-order valence-corrected chi connectivity index (χ3v) is 3.92. The number of hydrogen-bond acceptors (Lipinski definition) is 3. The molecule has 2 rings (SSSR count). The number of amides is 1. The molecule has 0 aliphatic carbocycles. The molecule has 1 aliphatic heterocycles. The first-order valence-electron chi connectivity index (χ1n) is 5.72. The predicted octanol–water partition coefficient (Wildman–Crippen LogP) is 0.636. The van der Waals surface area contributed by atoms with Crippen LogP contribution in [0.5, 0.6) is 0 Å². The van der Waals surface area contributed by atoms with Crippen LogP contribution in [0.2, 0.25) is 0 Å². The highest BCUT2D eigenvalue weighted by molar-refractivity contribution is 7.89. The maximum atomic E-state index is 11.9. The van der Waals surface area contributed by atoms with E-state index in [1.54, 1.807) is 4.90 Å². The lowest BCUT2D eigenvalue weighted by molar-refractivity contribution is -0.117. The first-order valence-corrected chi connectivity index (χ1v) is 7.44. The standard InChI is InChI=1S/C12H16N2O3S/c1-9-3-2-4-11(5-9)14-7-10(6-12(14)15)8-18(13,16)17/h2-5,10H,6-8H2,1H3,(H2,13,16,17). The first-order chi connectivity index (χ1) is 8.35. The average molecular weight is 268 g/mol. The van der Waals surface area contributed by atoms with Crippen LogP contribution in [0.4, 0.5) is 5.69 Å². The summed E-state index contributed by atoms with van der Waals surface area (Å²) in [5.41, 5.74) is 1.88. The molecule has 1 saturated heterocycles. The lowest BCUT2D eigenvalue weighted by atomic mass is 10.1. The van der Waals surface area contributed by atoms with Gasteiger partial charge in [0.15, 0.2) is 0 Å². The SMILES string of the molecule is Cc1cccc(N2CC(CS(N)(=O)=O)CC2=O)c1. The molecular weight excluding hydrogens is 252 g/mol. The van der Waals surface area contributed by atoms with Crippen molar-refractivity contribution in [1.29, 1.82) is 0 Å². The van der Waals surface area contributed by atoms with Crippen molar-refractivity contribution in [3.63, 3.8) is 0 Å². The van der Waals surface area contributed by atoms with Crippen molar-refractivity contribution in [1.82, 2.24) is 0 Å². The van der Waals surface area contributed by atoms with Crippen LogP contribution in [-0.2, 0) is 14.8 Å². The molecule has 2 N–H and O–H groups in total. The molecule has 0 aromatic heterocycles. The zero-order valence-electron chi connectivity index (χ0n) is 10.2. The van der Waals surface area contributed by atoms with Gasteiger partial charge in [-0.05, 0) is 24.6 Å². The summed E-state index contributed by atoms with van der Waals surface area (Å²) in [7, 11) is -3.52. The molecule has 1 aromatic carbocycles. The molecule has 98 valence electrons. The largest absolute Gasteiger partial charge is 0.312 e. The van der Waals surface area contributed by atoms with Gasteiger partial charge < -0.3 is 4.90 Å². The van der Waals surface area contributed by atoms with E-state index in [2.05, 4.69) is 0 Å². The fourth-order valence-electron chi connectivity index (χ4n) is 2.27. The van der Waals surface area contributed by atoms with Gasteiger partial charge in [-0.2, -0.15) is 0 Å². The molecule has 5 nitrogen and oxygen atoms in total. The maximum Gasteiger partial charge on any atom is 0.227 e. The van der Waals surface area contributed by atoms with Crippen LogP contribution in [0, 0.1) is 12.8 Å². The molecule has 0 spiro atoms. The van der Waals surface area contributed by atoms with Crippen molar-refractivity contribution in [2.75, 3.05) is 17.2 Å². The minimum atomic E-state index is -3.52. The number of hydrogen-bond donors (Lipinski definition) is 1. The molecule has 1 fully saturated rings. The van der Waals surface area contributed by atoms with E-state index in [-0.39, 0.29) is 24.0 Å². The van der Waals surface area contributed by atoms with Crippen molar-refractivity contribution >= 4 is 21.6 Å². The number of carbonyl (C=O) groups is 1. The molecule has 6 heteroatoms. The Morgan fingerprint density at radius 3 is 2.78 bits per heavy atom. The molecule has 0 bridgehead atoms. The van der Waals surface area contributed by atoms with Crippen LogP contribution in [-0.4, -0.2) is 26.6 Å². The summed E-state index contributed by atoms with van der Waals surface area (Å²) >= 11 is 0. The van der Waals surface area contributed by atoms with E-state index < -0.39 is 10.0 Å². The second-order valence-electron chi connectivity index (χ2n) is 4.74. The van der Waals surface area contributed by atoms with Crippen LogP contribution in [0.3, 0.4) is 0 Å². The minimum absolute atomic E-state index is 0.0470. The average Bonchev–Trinajstić information content (AvgIpc) is 2.56. The smallest absolute Gasteiger partial charge is 0.227 e. The number of sulfonamides is 1. The fraction of sp³-hybridized carbons (Fsp3) is 0.417. The van der Waals surface area contributed by atoms with Crippen LogP contribution in [0.1, 0.15) is 12.0 Å². The molecule has 18 heavy (non-hydrogen) atoms. The highest BCUT2D eigenvalue weighted by Gasteiger charge is 2.32. The zero-order chi connectivity index (χ0) is 13.3. The van der Waals surface area contributed by atoms with Gasteiger partial charge >= 0.3 is 0 Å². The highest BCUT2D eigenvalue weighted by Crippen LogP contribution is 2.26. The van der Waals surface area contributed by atoms with Gasteiger partial charge in [0.2, 0.25) is 15.9 Å². The topological polar surface area (TPSA) is 80.5 Å². The minimum Gasteiger partial charge on any atom is -0.312 e. The molecule has 1 heterocycles. The Bertz CT molecular complexity index is 568. The third kappa shape index (κ3) is 3.08. The summed E-state index contributed by atoms with van der Waals surface area (Å²) < 4.78 is 22.1. The number of rotatable bonds is 3. The Morgan fingerprint density at radius 2 is 2.17 bits per heavy atom. The summed E-state index contributed by atoms with van der Waals surface area (Å²) in [6.07, 6.45) is 0.240. The van der Waals surface area contributed by atoms with Gasteiger partial charge in [-0.25, -0.2) is 13.6 Å². The van der Waals surface area contributed by atoms with E-state index in [9.17, 15) is 13.2 Å². The van der Waals surface area contributed by atoms with Gasteiger partial charge in [-0.1, -0.05) is 12.1 Å². The number of benzene rings is 1. The monoisotopic (exact) mass is 268 g/mol. The van der Waals surface area contributed by atoms with E-state index in [4.69, 9.17) is 5.14 Å². The highest BCUT2D eigenvalue weighted by atomic mass is 32.2. The van der Waals surface area contributed by atoms with Gasteiger partial charge in [-0.15, -0.1) is 0 Å². The van der Waals surface area contributed by atoms with E-state index in [1.165, 1.54) is 0 Å². The van der Waals surface area contributed by atoms with Gasteiger partial charge in [0.1, 0.15) is 0 Å². The molecule has 1 amide bonds. The fourth-order valence-corrected chi connectivity index (χ4v) is 3.15. The zero-order valence-corrected chi connectivity index (χ0v) is 11.0. The molecule has 1 unspecified atom stereocenters. The summed E-state index contributed by atoms with van der Waals surface area (Å²) in [5.74, 6) is -0.400. The second kappa shape index (κ2) is 4.70. The summed E-state index contributed by atoms with van der Waals surface area (Å²) in [6, 6.07) is 7.60. The molecule has 1 aliphatic rings. The van der Waals surface area contributed by atoms with Crippen LogP contribution >= 0.6 is 0 Å². The Balaban J connectivity index is 2.15. The summed E-state index contributed by atoms with van der Waals surface area (Å²) in [5, 5.41) is 5.01. The first kappa shape index (κ1) is 13.0. The van der Waals surface area contributed by atoms with E-state index in [1.807, 2.05) is 31.2 Å². The second-order valence-corrected chi connectivity index (χ2v) is 6.40. The molecule has 0 saturated carbocycles. The van der Waals surface area contributed by atoms with Crippen molar-refractivity contribution in [3.05, 3.63) is 29.8 Å². The van der Waals surface area contributed by atoms with Crippen molar-refractivity contribution in [2.45, 2.75) is 13.3 Å². The predicted molar refractivity (Wildman–Crippen MR) is 69.6 cm³/mol. The maximum absolute atomic E-state index is 11.9. The molecule has 1 atom stereocenters. The Labute approximate surface area is 107 Å². The number of primary sulfonamides is 1. The summed E-state index contributed by atoms with van der Waals surface area (Å²) in [6.45, 7) is 2.37. The number of anilines is 1. The van der Waals surface area contributed by atoms with E-state index in [0.29, 0.717) is 6.54 Å². The summed E-state index contributed by atoms with van der Waals surface area (Å²) in [4.78, 5) is 13.5. The molecule has 1 aromatic rings. The lowest BCUT2D eigenvalue weighted by Crippen LogP contribution is -2.27. The van der Waals surface area contributed by atoms with Crippen LogP contribution < -0.4 is 10.0 Å². The van der Waals surface area contributed by atoms with Gasteiger partial charge in [-0.3, -0.25) is 4.79 Å². The molecular formula is C12H16N2O3S. The van der Waals surface area contributed by atoms with Crippen LogP contribution in [0.15, 0.2) is 24.3 Å². The van der Waals surface area contributed by atoms with Crippen molar-refractivity contribution < 1.29 is 13.2 Å². The van der Waals surface area contributed by atoms with Gasteiger partial charge in [0.05, 0.1) is 5.75 Å². The number of carbonyl (C=O) groups excluding carboxylic acids is 1. The lowest BCUT2D eigenvalue weighted by Gasteiger charge is -2.17. The number of aryl methyl sites for hydroxylation is 1. The van der Waals surface area contributed by atoms with E-state index >= 15 is 0 Å².